The molecule has 0 fully saturated rings. The van der Waals surface area contributed by atoms with Crippen molar-refractivity contribution >= 4 is 11.8 Å². The molecule has 1 aromatic rings. The first-order chi connectivity index (χ1) is 4.75. The van der Waals surface area contributed by atoms with E-state index in [0.717, 1.165) is 11.3 Å². The predicted octanol–water partition coefficient (Wildman–Crippen LogP) is 2.47. The maximum Gasteiger partial charge on any atom is 0.0390 e. The average molecular weight is 135 g/mol. The first-order valence-corrected chi connectivity index (χ1v) is 3.23. The zero-order valence-electron chi connectivity index (χ0n) is 6.09. The molecule has 10 heavy (non-hydrogen) atoms. The van der Waals surface area contributed by atoms with Crippen molar-refractivity contribution in [2.45, 2.75) is 6.92 Å². The normalized spacial score (nSPS) is 9.30. The van der Waals surface area contributed by atoms with Crippen LogP contribution in [0.3, 0.4) is 0 Å². The quantitative estimate of drug-likeness (QED) is 0.588. The number of hydrogen-bond donors (Lipinski definition) is 1. The van der Waals surface area contributed by atoms with Gasteiger partial charge in [0.05, 0.1) is 0 Å². The lowest BCUT2D eigenvalue weighted by Crippen LogP contribution is -1.90. The number of anilines is 1. The molecule has 0 atom stereocenters. The lowest BCUT2D eigenvalue weighted by atomic mass is 10.1. The fourth-order valence-electron chi connectivity index (χ4n) is 0.982. The van der Waals surface area contributed by atoms with Crippen LogP contribution >= 0.6 is 0 Å². The molecule has 0 spiro atoms. The maximum atomic E-state index is 5.66. The van der Waals surface area contributed by atoms with E-state index in [1.807, 2.05) is 25.1 Å². The molecule has 0 aromatic heterocycles. The van der Waals surface area contributed by atoms with Crippen LogP contribution < -0.4 is 5.73 Å². The molecule has 0 aliphatic carbocycles. The lowest BCUT2D eigenvalue weighted by Gasteiger charge is -2.02. The molecule has 2 N–H and O–H groups in total. The van der Waals surface area contributed by atoms with Gasteiger partial charge in [0, 0.05) is 7.11 Å². The standard InChI is InChI=1S/C9H11N.H2/c1-3-8-7(2)5-4-6-9(8)10;/h3-6H,1,10H2,2H3;1H. The maximum absolute atomic E-state index is 5.66. The fraction of sp³-hybridized carbons (Fsp3) is 0.111. The van der Waals surface area contributed by atoms with Crippen molar-refractivity contribution in [3.63, 3.8) is 0 Å². The molecule has 0 heterocycles. The van der Waals surface area contributed by atoms with Gasteiger partial charge < -0.3 is 5.73 Å². The average Bonchev–Trinajstić information content (AvgIpc) is 1.88. The third-order valence-electron chi connectivity index (χ3n) is 1.56. The Morgan fingerprint density at radius 3 is 2.70 bits per heavy atom. The van der Waals surface area contributed by atoms with E-state index in [-0.39, 0.29) is 1.43 Å². The van der Waals surface area contributed by atoms with Crippen LogP contribution in [0.5, 0.6) is 0 Å². The van der Waals surface area contributed by atoms with E-state index in [1.165, 1.54) is 5.56 Å². The summed E-state index contributed by atoms with van der Waals surface area (Å²) < 4.78 is 0. The van der Waals surface area contributed by atoms with E-state index >= 15 is 0 Å². The Morgan fingerprint density at radius 2 is 2.30 bits per heavy atom. The Hall–Kier alpha value is -1.24. The van der Waals surface area contributed by atoms with Gasteiger partial charge in [-0.25, -0.2) is 0 Å². The monoisotopic (exact) mass is 135 g/mol. The summed E-state index contributed by atoms with van der Waals surface area (Å²) in [6.45, 7) is 5.69. The van der Waals surface area contributed by atoms with Crippen LogP contribution in [0.25, 0.3) is 6.08 Å². The van der Waals surface area contributed by atoms with Gasteiger partial charge in [-0.1, -0.05) is 24.8 Å². The first kappa shape index (κ1) is 6.87. The van der Waals surface area contributed by atoms with Crippen LogP contribution in [-0.4, -0.2) is 0 Å². The van der Waals surface area contributed by atoms with Crippen molar-refractivity contribution in [3.05, 3.63) is 35.9 Å². The van der Waals surface area contributed by atoms with Crippen molar-refractivity contribution < 1.29 is 1.43 Å². The predicted molar refractivity (Wildman–Crippen MR) is 47.8 cm³/mol. The molecule has 0 unspecified atom stereocenters. The molecule has 0 radical (unpaired) electrons. The highest BCUT2D eigenvalue weighted by Gasteiger charge is 1.95. The smallest absolute Gasteiger partial charge is 0.0390 e. The van der Waals surface area contributed by atoms with Crippen LogP contribution in [0.15, 0.2) is 24.8 Å². The van der Waals surface area contributed by atoms with E-state index < -0.39 is 0 Å². The Balaban J connectivity index is 0.000001000. The molecular weight excluding hydrogens is 122 g/mol. The number of nitrogens with two attached hydrogens (primary N) is 1. The second-order valence-electron chi connectivity index (χ2n) is 2.28. The summed E-state index contributed by atoms with van der Waals surface area (Å²) in [7, 11) is 0. The zero-order chi connectivity index (χ0) is 7.56. The largest absolute Gasteiger partial charge is 0.398 e. The molecule has 1 rings (SSSR count). The molecule has 1 nitrogen and oxygen atoms in total. The lowest BCUT2D eigenvalue weighted by molar-refractivity contribution is 1.45. The number of rotatable bonds is 1. The Bertz CT molecular complexity index is 235. The Kier molecular flexibility index (Phi) is 1.76. The molecule has 1 heteroatoms. The van der Waals surface area contributed by atoms with Crippen molar-refractivity contribution in [2.24, 2.45) is 0 Å². The number of hydrogen-bond acceptors (Lipinski definition) is 1. The van der Waals surface area contributed by atoms with Crippen LogP contribution in [0.4, 0.5) is 5.69 Å². The van der Waals surface area contributed by atoms with Crippen molar-refractivity contribution in [1.82, 2.24) is 0 Å². The van der Waals surface area contributed by atoms with E-state index in [0.29, 0.717) is 0 Å². The number of benzene rings is 1. The molecule has 0 aliphatic heterocycles. The van der Waals surface area contributed by atoms with Gasteiger partial charge in [-0.15, -0.1) is 0 Å². The van der Waals surface area contributed by atoms with E-state index in [9.17, 15) is 0 Å². The van der Waals surface area contributed by atoms with Gasteiger partial charge in [0.25, 0.3) is 0 Å². The minimum atomic E-state index is 0. The summed E-state index contributed by atoms with van der Waals surface area (Å²) in [5.74, 6) is 0. The highest BCUT2D eigenvalue weighted by atomic mass is 14.6. The fourth-order valence-corrected chi connectivity index (χ4v) is 0.982. The first-order valence-electron chi connectivity index (χ1n) is 3.23. The second-order valence-corrected chi connectivity index (χ2v) is 2.28. The molecule has 0 saturated carbocycles. The number of nitrogen functional groups attached to an aromatic ring is 1. The van der Waals surface area contributed by atoms with Crippen LogP contribution in [0.2, 0.25) is 0 Å². The second kappa shape index (κ2) is 2.56. The molecule has 0 saturated heterocycles. The van der Waals surface area contributed by atoms with Crippen molar-refractivity contribution in [1.29, 1.82) is 0 Å². The summed E-state index contributed by atoms with van der Waals surface area (Å²) >= 11 is 0. The summed E-state index contributed by atoms with van der Waals surface area (Å²) in [5.41, 5.74) is 8.68. The Labute approximate surface area is 62.7 Å². The van der Waals surface area contributed by atoms with Crippen LogP contribution in [-0.2, 0) is 0 Å². The van der Waals surface area contributed by atoms with Gasteiger partial charge in [0.2, 0.25) is 0 Å². The van der Waals surface area contributed by atoms with Crippen molar-refractivity contribution in [2.75, 3.05) is 5.73 Å². The van der Waals surface area contributed by atoms with Crippen molar-refractivity contribution in [3.8, 4) is 0 Å². The molecule has 54 valence electrons. The molecular formula is C9H13N. The molecule has 0 aliphatic rings. The Morgan fingerprint density at radius 1 is 1.60 bits per heavy atom. The van der Waals surface area contributed by atoms with Crippen LogP contribution in [0, 0.1) is 6.92 Å². The third-order valence-corrected chi connectivity index (χ3v) is 1.56. The minimum absolute atomic E-state index is 0. The molecule has 0 amide bonds. The van der Waals surface area contributed by atoms with E-state index in [4.69, 9.17) is 5.73 Å². The molecule has 0 bridgehead atoms. The summed E-state index contributed by atoms with van der Waals surface area (Å²) in [4.78, 5) is 0. The van der Waals surface area contributed by atoms with Gasteiger partial charge in [0.15, 0.2) is 0 Å². The molecule has 1 aromatic carbocycles. The summed E-state index contributed by atoms with van der Waals surface area (Å²) in [6, 6.07) is 5.84. The van der Waals surface area contributed by atoms with Gasteiger partial charge in [-0.3, -0.25) is 0 Å². The highest BCUT2D eigenvalue weighted by Crippen LogP contribution is 2.16. The van der Waals surface area contributed by atoms with E-state index in [2.05, 4.69) is 6.58 Å². The number of aryl methyl sites for hydroxylation is 1. The minimum Gasteiger partial charge on any atom is -0.398 e. The van der Waals surface area contributed by atoms with Crippen LogP contribution in [0.1, 0.15) is 12.6 Å². The van der Waals surface area contributed by atoms with E-state index in [1.54, 1.807) is 6.08 Å². The highest BCUT2D eigenvalue weighted by molar-refractivity contribution is 5.66. The van der Waals surface area contributed by atoms with Gasteiger partial charge >= 0.3 is 0 Å². The topological polar surface area (TPSA) is 26.0 Å². The summed E-state index contributed by atoms with van der Waals surface area (Å²) in [5, 5.41) is 0. The SMILES string of the molecule is C=Cc1c(C)cccc1N.[HH]. The zero-order valence-corrected chi connectivity index (χ0v) is 6.09. The van der Waals surface area contributed by atoms with Gasteiger partial charge in [-0.05, 0) is 24.1 Å². The third kappa shape index (κ3) is 1.03. The van der Waals surface area contributed by atoms with Gasteiger partial charge in [0.1, 0.15) is 0 Å². The summed E-state index contributed by atoms with van der Waals surface area (Å²) in [6.07, 6.45) is 1.78. The van der Waals surface area contributed by atoms with Gasteiger partial charge in [-0.2, -0.15) is 0 Å².